The summed E-state index contributed by atoms with van der Waals surface area (Å²) in [7, 11) is 0. The molecule has 1 aromatic rings. The summed E-state index contributed by atoms with van der Waals surface area (Å²) < 4.78 is 0. The maximum atomic E-state index is 3.66. The van der Waals surface area contributed by atoms with Crippen molar-refractivity contribution in [2.75, 3.05) is 0 Å². The lowest BCUT2D eigenvalue weighted by atomic mass is 10.1. The Morgan fingerprint density at radius 3 is 2.38 bits per heavy atom. The lowest BCUT2D eigenvalue weighted by Crippen LogP contribution is -2.28. The molecule has 0 bridgehead atoms. The van der Waals surface area contributed by atoms with Crippen LogP contribution in [-0.2, 0) is 0 Å². The highest BCUT2D eigenvalue weighted by Gasteiger charge is 2.08. The average molecular weight is 219 g/mol. The van der Waals surface area contributed by atoms with Crippen molar-refractivity contribution in [1.29, 1.82) is 0 Å². The van der Waals surface area contributed by atoms with E-state index in [0.29, 0.717) is 12.1 Å². The second-order valence-corrected chi connectivity index (χ2v) is 4.70. The van der Waals surface area contributed by atoms with Gasteiger partial charge in [-0.3, -0.25) is 0 Å². The van der Waals surface area contributed by atoms with Gasteiger partial charge >= 0.3 is 0 Å². The molecule has 0 aliphatic carbocycles. The first-order chi connectivity index (χ1) is 7.74. The Kier molecular flexibility index (Phi) is 6.17. The monoisotopic (exact) mass is 219 g/mol. The van der Waals surface area contributed by atoms with Crippen molar-refractivity contribution in [1.82, 2.24) is 5.32 Å². The third kappa shape index (κ3) is 4.80. The third-order valence-corrected chi connectivity index (χ3v) is 3.07. The Morgan fingerprint density at radius 1 is 1.06 bits per heavy atom. The third-order valence-electron chi connectivity index (χ3n) is 3.07. The fourth-order valence-electron chi connectivity index (χ4n) is 2.05. The van der Waals surface area contributed by atoms with Crippen molar-refractivity contribution in [2.24, 2.45) is 0 Å². The van der Waals surface area contributed by atoms with E-state index in [4.69, 9.17) is 0 Å². The number of rotatable bonds is 7. The highest BCUT2D eigenvalue weighted by molar-refractivity contribution is 5.18. The van der Waals surface area contributed by atoms with E-state index in [1.807, 2.05) is 0 Å². The highest BCUT2D eigenvalue weighted by atomic mass is 14.9. The van der Waals surface area contributed by atoms with E-state index in [9.17, 15) is 0 Å². The van der Waals surface area contributed by atoms with E-state index in [1.54, 1.807) is 0 Å². The highest BCUT2D eigenvalue weighted by Crippen LogP contribution is 2.13. The van der Waals surface area contributed by atoms with Gasteiger partial charge in [-0.25, -0.2) is 0 Å². The summed E-state index contributed by atoms with van der Waals surface area (Å²) in [4.78, 5) is 0. The molecule has 90 valence electrons. The van der Waals surface area contributed by atoms with Crippen LogP contribution in [0.15, 0.2) is 30.3 Å². The van der Waals surface area contributed by atoms with Crippen LogP contribution in [0.2, 0.25) is 0 Å². The van der Waals surface area contributed by atoms with E-state index < -0.39 is 0 Å². The number of unbranched alkanes of at least 4 members (excludes halogenated alkanes) is 2. The molecule has 2 atom stereocenters. The molecule has 0 amide bonds. The van der Waals surface area contributed by atoms with Crippen molar-refractivity contribution in [2.45, 2.75) is 58.5 Å². The Morgan fingerprint density at radius 2 is 1.75 bits per heavy atom. The van der Waals surface area contributed by atoms with Crippen molar-refractivity contribution in [3.05, 3.63) is 35.9 Å². The number of hydrogen-bond donors (Lipinski definition) is 1. The largest absolute Gasteiger partial charge is 0.308 e. The van der Waals surface area contributed by atoms with Crippen LogP contribution in [0.4, 0.5) is 0 Å². The van der Waals surface area contributed by atoms with Gasteiger partial charge in [-0.15, -0.1) is 0 Å². The van der Waals surface area contributed by atoms with Gasteiger partial charge in [0.2, 0.25) is 0 Å². The molecule has 0 saturated heterocycles. The topological polar surface area (TPSA) is 12.0 Å². The fourth-order valence-corrected chi connectivity index (χ4v) is 2.05. The summed E-state index contributed by atoms with van der Waals surface area (Å²) in [5.74, 6) is 0. The molecule has 0 aromatic heterocycles. The van der Waals surface area contributed by atoms with Gasteiger partial charge in [0.1, 0.15) is 0 Å². The molecule has 1 aromatic carbocycles. The molecular formula is C15H25N. The van der Waals surface area contributed by atoms with Gasteiger partial charge in [-0.1, -0.05) is 56.5 Å². The first kappa shape index (κ1) is 13.2. The van der Waals surface area contributed by atoms with Crippen molar-refractivity contribution >= 4 is 0 Å². The van der Waals surface area contributed by atoms with E-state index in [1.165, 1.54) is 31.2 Å². The standard InChI is InChI=1S/C15H25N/c1-4-5-7-10-13(2)16-14(3)15-11-8-6-9-12-15/h6,8-9,11-14,16H,4-5,7,10H2,1-3H3/t13?,14-/m1/s1. The van der Waals surface area contributed by atoms with Crippen LogP contribution >= 0.6 is 0 Å². The lowest BCUT2D eigenvalue weighted by Gasteiger charge is -2.20. The van der Waals surface area contributed by atoms with Crippen LogP contribution in [0.1, 0.15) is 58.1 Å². The molecule has 0 aliphatic rings. The molecule has 0 radical (unpaired) electrons. The molecule has 0 saturated carbocycles. The van der Waals surface area contributed by atoms with Crippen molar-refractivity contribution in [3.8, 4) is 0 Å². The lowest BCUT2D eigenvalue weighted by molar-refractivity contribution is 0.440. The zero-order chi connectivity index (χ0) is 11.8. The van der Waals surface area contributed by atoms with Crippen LogP contribution in [0.25, 0.3) is 0 Å². The molecule has 1 unspecified atom stereocenters. The van der Waals surface area contributed by atoms with Crippen LogP contribution in [0, 0.1) is 0 Å². The van der Waals surface area contributed by atoms with Gasteiger partial charge in [0.05, 0.1) is 0 Å². The molecule has 0 fully saturated rings. The summed E-state index contributed by atoms with van der Waals surface area (Å²) >= 11 is 0. The molecule has 0 aliphatic heterocycles. The first-order valence-electron chi connectivity index (χ1n) is 6.55. The Balaban J connectivity index is 2.31. The normalized spacial score (nSPS) is 14.7. The zero-order valence-corrected chi connectivity index (χ0v) is 10.9. The van der Waals surface area contributed by atoms with E-state index >= 15 is 0 Å². The Hall–Kier alpha value is -0.820. The van der Waals surface area contributed by atoms with Crippen molar-refractivity contribution in [3.63, 3.8) is 0 Å². The molecule has 1 rings (SSSR count). The van der Waals surface area contributed by atoms with Gasteiger partial charge in [0.15, 0.2) is 0 Å². The Bertz CT molecular complexity index is 268. The smallest absolute Gasteiger partial charge is 0.0294 e. The summed E-state index contributed by atoms with van der Waals surface area (Å²) in [6, 6.07) is 11.7. The fraction of sp³-hybridized carbons (Fsp3) is 0.600. The van der Waals surface area contributed by atoms with Gasteiger partial charge in [-0.05, 0) is 25.8 Å². The van der Waals surface area contributed by atoms with E-state index in [-0.39, 0.29) is 0 Å². The van der Waals surface area contributed by atoms with Crippen LogP contribution in [0.5, 0.6) is 0 Å². The second-order valence-electron chi connectivity index (χ2n) is 4.70. The number of benzene rings is 1. The molecule has 0 heterocycles. The maximum Gasteiger partial charge on any atom is 0.0294 e. The maximum absolute atomic E-state index is 3.66. The van der Waals surface area contributed by atoms with Gasteiger partial charge in [0, 0.05) is 12.1 Å². The van der Waals surface area contributed by atoms with Crippen LogP contribution < -0.4 is 5.32 Å². The second kappa shape index (κ2) is 7.45. The summed E-state index contributed by atoms with van der Waals surface area (Å²) in [5, 5.41) is 3.66. The number of hydrogen-bond acceptors (Lipinski definition) is 1. The average Bonchev–Trinajstić information content (AvgIpc) is 2.30. The summed E-state index contributed by atoms with van der Waals surface area (Å²) in [6.45, 7) is 6.78. The predicted molar refractivity (Wildman–Crippen MR) is 71.6 cm³/mol. The van der Waals surface area contributed by atoms with Crippen LogP contribution in [-0.4, -0.2) is 6.04 Å². The zero-order valence-electron chi connectivity index (χ0n) is 10.9. The quantitative estimate of drug-likeness (QED) is 0.674. The van der Waals surface area contributed by atoms with E-state index in [2.05, 4.69) is 56.4 Å². The molecule has 1 nitrogen and oxygen atoms in total. The minimum Gasteiger partial charge on any atom is -0.308 e. The van der Waals surface area contributed by atoms with Crippen molar-refractivity contribution < 1.29 is 0 Å². The molecule has 1 N–H and O–H groups in total. The van der Waals surface area contributed by atoms with E-state index in [0.717, 1.165) is 0 Å². The predicted octanol–water partition coefficient (Wildman–Crippen LogP) is 4.31. The summed E-state index contributed by atoms with van der Waals surface area (Å²) in [6.07, 6.45) is 5.28. The Labute approximate surface area is 100 Å². The van der Waals surface area contributed by atoms with Crippen LogP contribution in [0.3, 0.4) is 0 Å². The minimum absolute atomic E-state index is 0.456. The van der Waals surface area contributed by atoms with Gasteiger partial charge in [0.25, 0.3) is 0 Å². The number of nitrogens with one attached hydrogen (secondary N) is 1. The summed E-state index contributed by atoms with van der Waals surface area (Å²) in [5.41, 5.74) is 1.38. The molecular weight excluding hydrogens is 194 g/mol. The molecule has 0 spiro atoms. The molecule has 16 heavy (non-hydrogen) atoms. The SMILES string of the molecule is CCCCCC(C)N[C@H](C)c1ccccc1. The minimum atomic E-state index is 0.456. The van der Waals surface area contributed by atoms with Gasteiger partial charge in [-0.2, -0.15) is 0 Å². The first-order valence-corrected chi connectivity index (χ1v) is 6.55. The molecule has 1 heteroatoms. The van der Waals surface area contributed by atoms with Gasteiger partial charge < -0.3 is 5.32 Å².